The number of aromatic nitrogens is 2. The molecule has 4 rings (SSSR count). The van der Waals surface area contributed by atoms with Crippen LogP contribution in [0.4, 0.5) is 15.9 Å². The molecule has 0 radical (unpaired) electrons. The summed E-state index contributed by atoms with van der Waals surface area (Å²) in [6, 6.07) is 2.97. The first-order valence-corrected chi connectivity index (χ1v) is 12.5. The summed E-state index contributed by atoms with van der Waals surface area (Å²) in [7, 11) is -2.01. The lowest BCUT2D eigenvalue weighted by Gasteiger charge is -2.28. The Labute approximate surface area is 192 Å². The summed E-state index contributed by atoms with van der Waals surface area (Å²) in [6.07, 6.45) is 5.68. The molecule has 2 fully saturated rings. The standard InChI is InChI=1S/C22H28FN5O4S/c1-28-7-4-21(27-28)26-22(29)19(10-14-5-8-32-9-6-14)25-18-11-15(23)12-20(17(18)13-24)33(30,31)16-2-3-16/h4,7,11-14,16,19,24-25H,2-3,5-6,8-10H2,1H3,(H,26,27,29). The molecule has 11 heteroatoms. The van der Waals surface area contributed by atoms with Gasteiger partial charge in [-0.25, -0.2) is 12.8 Å². The molecule has 1 aliphatic heterocycles. The number of rotatable bonds is 9. The second kappa shape index (κ2) is 9.60. The number of aryl methyl sites for hydroxylation is 1. The van der Waals surface area contributed by atoms with Gasteiger partial charge in [-0.3, -0.25) is 9.48 Å². The van der Waals surface area contributed by atoms with Crippen molar-refractivity contribution >= 4 is 33.5 Å². The molecule has 9 nitrogen and oxygen atoms in total. The van der Waals surface area contributed by atoms with Crippen molar-refractivity contribution in [3.8, 4) is 0 Å². The first kappa shape index (κ1) is 23.4. The molecule has 3 N–H and O–H groups in total. The van der Waals surface area contributed by atoms with Crippen molar-refractivity contribution in [1.29, 1.82) is 5.41 Å². The normalized spacial score (nSPS) is 18.0. The van der Waals surface area contributed by atoms with Gasteiger partial charge in [0, 0.05) is 50.0 Å². The highest BCUT2D eigenvalue weighted by molar-refractivity contribution is 7.92. The summed E-state index contributed by atoms with van der Waals surface area (Å²) in [5, 5.41) is 17.3. The number of carbonyl (C=O) groups is 1. The number of hydrogen-bond acceptors (Lipinski definition) is 7. The minimum atomic E-state index is -3.74. The Morgan fingerprint density at radius 3 is 2.67 bits per heavy atom. The van der Waals surface area contributed by atoms with Crippen molar-refractivity contribution in [2.24, 2.45) is 13.0 Å². The van der Waals surface area contributed by atoms with Crippen LogP contribution < -0.4 is 10.6 Å². The Bertz CT molecular complexity index is 1140. The smallest absolute Gasteiger partial charge is 0.248 e. The monoisotopic (exact) mass is 477 g/mol. The molecular weight excluding hydrogens is 449 g/mol. The molecule has 0 spiro atoms. The first-order valence-electron chi connectivity index (χ1n) is 11.0. The van der Waals surface area contributed by atoms with Crippen LogP contribution in [-0.2, 0) is 26.4 Å². The van der Waals surface area contributed by atoms with Gasteiger partial charge in [-0.05, 0) is 50.2 Å². The van der Waals surface area contributed by atoms with E-state index in [9.17, 15) is 17.6 Å². The van der Waals surface area contributed by atoms with E-state index in [2.05, 4.69) is 15.7 Å². The number of amides is 1. The Morgan fingerprint density at radius 1 is 1.33 bits per heavy atom. The van der Waals surface area contributed by atoms with E-state index in [1.807, 2.05) is 0 Å². The van der Waals surface area contributed by atoms with E-state index >= 15 is 0 Å². The molecule has 2 aromatic rings. The molecule has 2 aliphatic rings. The van der Waals surface area contributed by atoms with Gasteiger partial charge in [0.1, 0.15) is 11.9 Å². The first-order chi connectivity index (χ1) is 15.8. The molecule has 1 aromatic heterocycles. The average Bonchev–Trinajstić information content (AvgIpc) is 3.57. The summed E-state index contributed by atoms with van der Waals surface area (Å²) < 4.78 is 47.2. The second-order valence-corrected chi connectivity index (χ2v) is 10.8. The molecule has 178 valence electrons. The lowest BCUT2D eigenvalue weighted by Crippen LogP contribution is -2.38. The minimum absolute atomic E-state index is 0.0610. The highest BCUT2D eigenvalue weighted by Crippen LogP contribution is 2.37. The number of carbonyl (C=O) groups excluding carboxylic acids is 1. The Morgan fingerprint density at radius 2 is 2.06 bits per heavy atom. The molecule has 1 unspecified atom stereocenters. The van der Waals surface area contributed by atoms with Crippen LogP contribution >= 0.6 is 0 Å². The van der Waals surface area contributed by atoms with Gasteiger partial charge in [0.2, 0.25) is 5.91 Å². The van der Waals surface area contributed by atoms with E-state index in [1.165, 1.54) is 0 Å². The van der Waals surface area contributed by atoms with E-state index in [-0.39, 0.29) is 28.0 Å². The van der Waals surface area contributed by atoms with E-state index in [1.54, 1.807) is 24.0 Å². The largest absolute Gasteiger partial charge is 0.381 e. The van der Waals surface area contributed by atoms with Gasteiger partial charge in [0.15, 0.2) is 15.7 Å². The maximum atomic E-state index is 14.5. The summed E-state index contributed by atoms with van der Waals surface area (Å²) in [6.45, 7) is 1.21. The summed E-state index contributed by atoms with van der Waals surface area (Å²) in [4.78, 5) is 13.0. The van der Waals surface area contributed by atoms with Crippen molar-refractivity contribution in [1.82, 2.24) is 9.78 Å². The zero-order chi connectivity index (χ0) is 23.6. The van der Waals surface area contributed by atoms with Crippen LogP contribution in [0.3, 0.4) is 0 Å². The average molecular weight is 478 g/mol. The van der Waals surface area contributed by atoms with Crippen LogP contribution in [0, 0.1) is 17.1 Å². The van der Waals surface area contributed by atoms with Crippen LogP contribution in [0.1, 0.15) is 37.7 Å². The van der Waals surface area contributed by atoms with Crippen LogP contribution in [0.25, 0.3) is 0 Å². The van der Waals surface area contributed by atoms with Gasteiger partial charge in [0.25, 0.3) is 0 Å². The van der Waals surface area contributed by atoms with Gasteiger partial charge in [0.05, 0.1) is 10.1 Å². The molecule has 33 heavy (non-hydrogen) atoms. The number of benzene rings is 1. The third-order valence-corrected chi connectivity index (χ3v) is 8.34. The van der Waals surface area contributed by atoms with Gasteiger partial charge >= 0.3 is 0 Å². The molecule has 1 aromatic carbocycles. The number of ether oxygens (including phenoxy) is 1. The number of anilines is 2. The van der Waals surface area contributed by atoms with Gasteiger partial charge in [-0.15, -0.1) is 0 Å². The number of nitrogens with zero attached hydrogens (tertiary/aromatic N) is 2. The topological polar surface area (TPSA) is 126 Å². The number of sulfone groups is 1. The fraction of sp³-hybridized carbons (Fsp3) is 0.500. The molecule has 0 bridgehead atoms. The zero-order valence-corrected chi connectivity index (χ0v) is 19.2. The third-order valence-electron chi connectivity index (χ3n) is 6.04. The molecule has 1 saturated carbocycles. The van der Waals surface area contributed by atoms with Crippen LogP contribution in [0.5, 0.6) is 0 Å². The molecule has 1 amide bonds. The highest BCUT2D eigenvalue weighted by Gasteiger charge is 2.39. The lowest BCUT2D eigenvalue weighted by molar-refractivity contribution is -0.117. The predicted octanol–water partition coefficient (Wildman–Crippen LogP) is 2.73. The second-order valence-electron chi connectivity index (χ2n) is 8.61. The Balaban J connectivity index is 1.65. The third kappa shape index (κ3) is 5.41. The zero-order valence-electron chi connectivity index (χ0n) is 18.4. The van der Waals surface area contributed by atoms with Crippen LogP contribution in [-0.4, -0.2) is 54.8 Å². The Hall–Kier alpha value is -2.79. The van der Waals surface area contributed by atoms with E-state index in [4.69, 9.17) is 10.1 Å². The number of nitrogens with one attached hydrogen (secondary N) is 3. The Kier molecular flexibility index (Phi) is 6.80. The maximum absolute atomic E-state index is 14.5. The van der Waals surface area contributed by atoms with Gasteiger partial charge in [-0.1, -0.05) is 0 Å². The quantitative estimate of drug-likeness (QED) is 0.477. The molecule has 1 atom stereocenters. The molecule has 1 aliphatic carbocycles. The SMILES string of the molecule is Cn1ccc(NC(=O)C(CC2CCOCC2)Nc2cc(F)cc(S(=O)(=O)C3CC3)c2C=N)n1. The minimum Gasteiger partial charge on any atom is -0.381 e. The van der Waals surface area contributed by atoms with Crippen molar-refractivity contribution < 1.29 is 22.3 Å². The van der Waals surface area contributed by atoms with Crippen molar-refractivity contribution in [2.75, 3.05) is 23.8 Å². The van der Waals surface area contributed by atoms with Crippen molar-refractivity contribution in [3.05, 3.63) is 35.8 Å². The summed E-state index contributed by atoms with van der Waals surface area (Å²) in [5.41, 5.74) is 0.170. The van der Waals surface area contributed by atoms with E-state index in [0.29, 0.717) is 38.3 Å². The maximum Gasteiger partial charge on any atom is 0.248 e. The van der Waals surface area contributed by atoms with Gasteiger partial charge < -0.3 is 20.8 Å². The van der Waals surface area contributed by atoms with Crippen LogP contribution in [0.15, 0.2) is 29.3 Å². The fourth-order valence-corrected chi connectivity index (χ4v) is 5.95. The molecule has 2 heterocycles. The molecular formula is C22H28FN5O4S. The summed E-state index contributed by atoms with van der Waals surface area (Å²) in [5.74, 6) is -0.522. The highest BCUT2D eigenvalue weighted by atomic mass is 32.2. The molecule has 1 saturated heterocycles. The van der Waals surface area contributed by atoms with Crippen molar-refractivity contribution in [3.63, 3.8) is 0 Å². The number of halogens is 1. The fourth-order valence-electron chi connectivity index (χ4n) is 4.08. The van der Waals surface area contributed by atoms with Gasteiger partial charge in [-0.2, -0.15) is 5.10 Å². The van der Waals surface area contributed by atoms with Crippen LogP contribution in [0.2, 0.25) is 0 Å². The summed E-state index contributed by atoms with van der Waals surface area (Å²) >= 11 is 0. The number of hydrogen-bond donors (Lipinski definition) is 3. The lowest BCUT2D eigenvalue weighted by atomic mass is 9.92. The predicted molar refractivity (Wildman–Crippen MR) is 122 cm³/mol. The van der Waals surface area contributed by atoms with E-state index in [0.717, 1.165) is 31.2 Å². The van der Waals surface area contributed by atoms with Crippen molar-refractivity contribution in [2.45, 2.75) is 48.3 Å². The van der Waals surface area contributed by atoms with E-state index < -0.39 is 26.9 Å².